The number of unbranched alkanes of at least 4 members (excludes halogenated alkanes) is 5. The van der Waals surface area contributed by atoms with Gasteiger partial charge in [-0.05, 0) is 0 Å². The van der Waals surface area contributed by atoms with Crippen molar-refractivity contribution in [2.24, 2.45) is 0 Å². The Balaban J connectivity index is 2.73. The molecule has 0 N–H and O–H groups in total. The molecule has 0 radical (unpaired) electrons. The molecule has 0 heterocycles. The molecule has 76 valence electrons. The summed E-state index contributed by atoms with van der Waals surface area (Å²) >= 11 is 0. The van der Waals surface area contributed by atoms with E-state index in [2.05, 4.69) is 13.8 Å². The van der Waals surface area contributed by atoms with E-state index in [1.165, 1.54) is 53.0 Å². The van der Waals surface area contributed by atoms with Gasteiger partial charge in [-0.25, -0.2) is 0 Å². The second kappa shape index (κ2) is 11.9. The van der Waals surface area contributed by atoms with Crippen molar-refractivity contribution in [3.8, 4) is 0 Å². The fraction of sp³-hybridized carbons (Fsp3) is 1.00. The molecule has 0 aliphatic rings. The standard InChI is InChI=1S/C10H26P2/c1-3-5-6-7-8-9-10-12-11-4-2/h12H,3-10H2,1-2,11H3. The Hall–Kier alpha value is 0.860. The second-order valence-electron chi connectivity index (χ2n) is 3.52. The second-order valence-corrected chi connectivity index (χ2v) is 9.02. The number of rotatable bonds is 9. The number of hydrogen-bond donors (Lipinski definition) is 0. The van der Waals surface area contributed by atoms with Crippen LogP contribution in [0.15, 0.2) is 0 Å². The Bertz CT molecular complexity index is 64.2. The third-order valence-electron chi connectivity index (χ3n) is 2.13. The Morgan fingerprint density at radius 1 is 0.917 bits per heavy atom. The minimum atomic E-state index is 0.406. The Kier molecular flexibility index (Phi) is 12.7. The first-order valence-electron chi connectivity index (χ1n) is 5.62. The number of hydrogen-bond acceptors (Lipinski definition) is 0. The van der Waals surface area contributed by atoms with E-state index in [0.717, 1.165) is 0 Å². The summed E-state index contributed by atoms with van der Waals surface area (Å²) in [5.74, 6) is 0. The van der Waals surface area contributed by atoms with Crippen molar-refractivity contribution in [1.29, 1.82) is 0 Å². The zero-order chi connectivity index (χ0) is 9.07. The molecule has 0 nitrogen and oxygen atoms in total. The quantitative estimate of drug-likeness (QED) is 0.395. The fourth-order valence-corrected chi connectivity index (χ4v) is 5.00. The Morgan fingerprint density at radius 3 is 2.25 bits per heavy atom. The van der Waals surface area contributed by atoms with Gasteiger partial charge in [0.25, 0.3) is 0 Å². The SMILES string of the molecule is CCCCCCCCP[PH3]CC. The molecular weight excluding hydrogens is 182 g/mol. The van der Waals surface area contributed by atoms with Crippen molar-refractivity contribution in [2.75, 3.05) is 12.3 Å². The average Bonchev–Trinajstić information content (AvgIpc) is 2.10. The predicted molar refractivity (Wildman–Crippen MR) is 68.2 cm³/mol. The molecule has 0 saturated heterocycles. The molecule has 0 spiro atoms. The molecule has 0 saturated carbocycles. The van der Waals surface area contributed by atoms with Crippen molar-refractivity contribution < 1.29 is 0 Å². The summed E-state index contributed by atoms with van der Waals surface area (Å²) in [6.07, 6.45) is 11.9. The molecule has 2 heteroatoms. The van der Waals surface area contributed by atoms with Gasteiger partial charge in [0.2, 0.25) is 0 Å². The predicted octanol–water partition coefficient (Wildman–Crippen LogP) is 4.10. The van der Waals surface area contributed by atoms with Crippen LogP contribution in [0, 0.1) is 0 Å². The molecule has 0 amide bonds. The van der Waals surface area contributed by atoms with E-state index in [0.29, 0.717) is 8.27 Å². The molecule has 0 aromatic heterocycles. The summed E-state index contributed by atoms with van der Waals surface area (Å²) in [6.45, 7) is 4.63. The molecule has 0 aliphatic carbocycles. The molecule has 0 aromatic carbocycles. The summed E-state index contributed by atoms with van der Waals surface area (Å²) < 4.78 is 0. The van der Waals surface area contributed by atoms with Crippen LogP contribution in [0.25, 0.3) is 0 Å². The van der Waals surface area contributed by atoms with E-state index in [1.54, 1.807) is 6.16 Å². The van der Waals surface area contributed by atoms with Gasteiger partial charge in [-0.2, -0.15) is 0 Å². The van der Waals surface area contributed by atoms with Crippen LogP contribution in [0.5, 0.6) is 0 Å². The summed E-state index contributed by atoms with van der Waals surface area (Å²) in [6, 6.07) is 0. The van der Waals surface area contributed by atoms with E-state index in [9.17, 15) is 0 Å². The van der Waals surface area contributed by atoms with Crippen LogP contribution in [0.1, 0.15) is 52.4 Å². The topological polar surface area (TPSA) is 0 Å². The van der Waals surface area contributed by atoms with Crippen LogP contribution >= 0.6 is 16.5 Å². The zero-order valence-electron chi connectivity index (χ0n) is 8.86. The molecule has 0 rings (SSSR count). The molecule has 1 unspecified atom stereocenters. The zero-order valence-corrected chi connectivity index (χ0v) is 11.3. The normalized spacial score (nSPS) is 11.8. The van der Waals surface area contributed by atoms with Crippen LogP contribution in [0.3, 0.4) is 0 Å². The van der Waals surface area contributed by atoms with Gasteiger partial charge in [-0.15, -0.1) is 0 Å². The van der Waals surface area contributed by atoms with Crippen molar-refractivity contribution in [3.63, 3.8) is 0 Å². The van der Waals surface area contributed by atoms with Crippen molar-refractivity contribution in [3.05, 3.63) is 0 Å². The van der Waals surface area contributed by atoms with Gasteiger partial charge in [-0.3, -0.25) is 0 Å². The maximum atomic E-state index is 2.35. The van der Waals surface area contributed by atoms with E-state index in [4.69, 9.17) is 0 Å². The van der Waals surface area contributed by atoms with Gasteiger partial charge in [0, 0.05) is 0 Å². The van der Waals surface area contributed by atoms with Gasteiger partial charge in [0.15, 0.2) is 0 Å². The van der Waals surface area contributed by atoms with Crippen molar-refractivity contribution in [2.45, 2.75) is 52.4 Å². The summed E-state index contributed by atoms with van der Waals surface area (Å²) in [5, 5.41) is 0. The summed E-state index contributed by atoms with van der Waals surface area (Å²) in [5.41, 5.74) is 0. The fourth-order valence-electron chi connectivity index (χ4n) is 1.33. The molecule has 1 atom stereocenters. The van der Waals surface area contributed by atoms with Crippen molar-refractivity contribution >= 4 is 16.5 Å². The average molecular weight is 208 g/mol. The van der Waals surface area contributed by atoms with Crippen LogP contribution < -0.4 is 0 Å². The van der Waals surface area contributed by atoms with Crippen LogP contribution in [-0.4, -0.2) is 12.3 Å². The Morgan fingerprint density at radius 2 is 1.58 bits per heavy atom. The molecule has 0 aliphatic heterocycles. The summed E-state index contributed by atoms with van der Waals surface area (Å²) in [7, 11) is 1.79. The van der Waals surface area contributed by atoms with Gasteiger partial charge in [0.05, 0.1) is 0 Å². The first-order valence-corrected chi connectivity index (χ1v) is 10.2. The van der Waals surface area contributed by atoms with E-state index in [1.807, 2.05) is 0 Å². The monoisotopic (exact) mass is 208 g/mol. The molecule has 0 aromatic rings. The third-order valence-corrected chi connectivity index (χ3v) is 7.32. The Labute approximate surface area is 81.7 Å². The van der Waals surface area contributed by atoms with Gasteiger partial charge >= 0.3 is 81.2 Å². The van der Waals surface area contributed by atoms with E-state index >= 15 is 0 Å². The van der Waals surface area contributed by atoms with Gasteiger partial charge < -0.3 is 0 Å². The maximum absolute atomic E-state index is 2.35. The minimum absolute atomic E-state index is 0.406. The molecule has 0 bridgehead atoms. The van der Waals surface area contributed by atoms with E-state index < -0.39 is 0 Å². The molecule has 0 fully saturated rings. The molecule has 12 heavy (non-hydrogen) atoms. The first-order chi connectivity index (χ1) is 5.91. The first kappa shape index (κ1) is 12.9. The summed E-state index contributed by atoms with van der Waals surface area (Å²) in [4.78, 5) is 0. The van der Waals surface area contributed by atoms with Crippen LogP contribution in [-0.2, 0) is 0 Å². The van der Waals surface area contributed by atoms with Crippen LogP contribution in [0.2, 0.25) is 0 Å². The third kappa shape index (κ3) is 10.9. The van der Waals surface area contributed by atoms with Crippen LogP contribution in [0.4, 0.5) is 0 Å². The van der Waals surface area contributed by atoms with Gasteiger partial charge in [-0.1, -0.05) is 0 Å². The molecular formula is C10H26P2. The van der Waals surface area contributed by atoms with E-state index in [-0.39, 0.29) is 0 Å². The van der Waals surface area contributed by atoms with Gasteiger partial charge in [0.1, 0.15) is 0 Å². The van der Waals surface area contributed by atoms with Crippen molar-refractivity contribution in [1.82, 2.24) is 0 Å².